The number of hydrogen-bond acceptors (Lipinski definition) is 29. The summed E-state index contributed by atoms with van der Waals surface area (Å²) in [5.41, 5.74) is 19.0. The van der Waals surface area contributed by atoms with Crippen molar-refractivity contribution >= 4 is 80.4 Å². The Bertz CT molecular complexity index is 4800. The molecule has 7 heterocycles. The number of unbranched alkanes of at least 4 members (excludes halogenated alkanes) is 1. The van der Waals surface area contributed by atoms with Crippen molar-refractivity contribution in [1.29, 1.82) is 0 Å². The quantitative estimate of drug-likeness (QED) is 0.00469. The highest BCUT2D eigenvalue weighted by Gasteiger charge is 2.53. The molecule has 15 atom stereocenters. The summed E-state index contributed by atoms with van der Waals surface area (Å²) in [5, 5.41) is 50.1. The smallest absolute Gasteiger partial charge is 0.329 e. The number of benzene rings is 2. The van der Waals surface area contributed by atoms with Crippen molar-refractivity contribution in [3.63, 3.8) is 0 Å². The standard InChI is InChI=1S/C96H138N14O21/c1-62-22-13-11-14-23-63(2)80(120-8)56-74-31-28-68(7)96(119,131-74)91(116)94(117)108-38-19-17-26-79(108)95(118)130-81(57-76(106-129-59-69-24-15-12-16-25-69)64(3)51-67(6)89(115)90(122-10)88(114)66(5)50-62)65(4)52-70-29-33-78(82(53-70)121-9)110-58-73(104-107-110)60-128-85(113)27-21-40-123-44-48-127-49-46-125-42-35-84(112)100-37-43-126-47-45-124-41-34-83(111)99-36-18-20-39-109-93-86(92(98)101-61-102-93)87(105-109)77-55-71-54-72(97)30-32-75(71)103-77/h11-16,22-25,30,32,51,54-55,58,61-62,64-66,68,70,74,78-82,89-90,103,115,119H,17-21,26-29,31,33-50,52-53,56-57,59-60,97H2,1-10H3,(H,99,111)(H,100,112)(H2,98,101,102)/b14-11+,22-13+,63-23+,67-51+,106-76-/t62-,64-,65-,66-,68-,70+,74+,78+,79+,80+,81+,82-,89-,90+,96-/m1/s1. The molecular formula is C96H138N14O21. The van der Waals surface area contributed by atoms with Crippen LogP contribution in [0.15, 0.2) is 120 Å². The van der Waals surface area contributed by atoms with Crippen LogP contribution in [-0.4, -0.2) is 257 Å². The molecule has 35 heteroatoms. The topological polar surface area (TPSA) is 453 Å². The molecule has 9 N–H and O–H groups in total. The van der Waals surface area contributed by atoms with Crippen molar-refractivity contribution in [2.75, 3.05) is 118 Å². The molecule has 6 aromatic rings. The second kappa shape index (κ2) is 53.0. The SMILES string of the molecule is CO[C@H]1C[C@@H]2CC[C@@H](C)[C@@](O)(O2)C(=O)C(=O)N2CCCC[C@H]2C(=O)O[C@H]([C@H](C)C[C@@H]2CC[C@H](n3cc(COC(=O)CCCOCCOCCOCCC(=O)NCCOCCOCCC(=O)NCCCCn4nc(-c5cc6cc(N)ccc6[nH]5)c5c(N)ncnc54)nn3)[C@H](OC)C2)C/C(=N/OCc2ccccc2)[C@H](C)/C=C(\C)[C@@H](O)[C@@H](OC)C(=O)[C@H](C)C[C@H](C)/C=C/C=C/C=C/1C. The number of aliphatic hydroxyl groups excluding tert-OH is 1. The van der Waals surface area contributed by atoms with Crippen LogP contribution in [-0.2, 0) is 110 Å². The van der Waals surface area contributed by atoms with E-state index in [0.29, 0.717) is 175 Å². The van der Waals surface area contributed by atoms with E-state index < -0.39 is 83.7 Å². The third-order valence-corrected chi connectivity index (χ3v) is 24.9. The van der Waals surface area contributed by atoms with Crippen LogP contribution in [0.3, 0.4) is 0 Å². The van der Waals surface area contributed by atoms with Crippen LogP contribution in [0.25, 0.3) is 33.3 Å². The number of esters is 2. The van der Waals surface area contributed by atoms with Crippen molar-refractivity contribution in [2.24, 2.45) is 40.7 Å². The van der Waals surface area contributed by atoms with E-state index in [1.165, 1.54) is 18.3 Å². The number of anilines is 2. The number of allylic oxidation sites excluding steroid dienone is 6. The van der Waals surface area contributed by atoms with E-state index in [1.807, 2.05) is 130 Å². The highest BCUT2D eigenvalue weighted by molar-refractivity contribution is 6.39. The summed E-state index contributed by atoms with van der Waals surface area (Å²) in [6.45, 7) is 17.5. The maximum atomic E-state index is 15.2. The van der Waals surface area contributed by atoms with Gasteiger partial charge >= 0.3 is 11.9 Å². The first-order valence-electron chi connectivity index (χ1n) is 46.3. The van der Waals surface area contributed by atoms with Crippen LogP contribution in [0.5, 0.6) is 0 Å². The van der Waals surface area contributed by atoms with E-state index in [2.05, 4.69) is 35.9 Å². The number of hydrogen-bond donors (Lipinski definition) is 7. The maximum absolute atomic E-state index is 15.2. The van der Waals surface area contributed by atoms with Crippen LogP contribution < -0.4 is 22.1 Å². The first-order chi connectivity index (χ1) is 63.2. The van der Waals surface area contributed by atoms with Crippen molar-refractivity contribution in [3.05, 3.63) is 126 Å². The van der Waals surface area contributed by atoms with Crippen molar-refractivity contribution in [1.82, 2.24) is 55.3 Å². The van der Waals surface area contributed by atoms with Crippen molar-refractivity contribution in [2.45, 2.75) is 238 Å². The molecule has 131 heavy (non-hydrogen) atoms. The third kappa shape index (κ3) is 31.0. The summed E-state index contributed by atoms with van der Waals surface area (Å²) in [5.74, 6) is -8.17. The summed E-state index contributed by atoms with van der Waals surface area (Å²) < 4.78 is 68.1. The van der Waals surface area contributed by atoms with Gasteiger partial charge in [-0.2, -0.15) is 5.10 Å². The number of aryl methyl sites for hydroxylation is 1. The monoisotopic (exact) mass is 1820 g/mol. The van der Waals surface area contributed by atoms with Crippen LogP contribution >= 0.6 is 0 Å². The number of ketones is 2. The Morgan fingerprint density at radius 1 is 0.748 bits per heavy atom. The first kappa shape index (κ1) is 103. The number of nitrogens with one attached hydrogen (secondary N) is 3. The first-order valence-corrected chi connectivity index (χ1v) is 46.3. The fourth-order valence-electron chi connectivity index (χ4n) is 17.3. The molecule has 10 rings (SSSR count). The second-order valence-electron chi connectivity index (χ2n) is 34.9. The molecule has 3 aliphatic heterocycles. The van der Waals surface area contributed by atoms with Gasteiger partial charge < -0.3 is 99.1 Å². The van der Waals surface area contributed by atoms with Gasteiger partial charge in [-0.3, -0.25) is 28.8 Å². The number of fused-ring (bicyclic) bond motifs is 5. The summed E-state index contributed by atoms with van der Waals surface area (Å²) in [6, 6.07) is 15.7. The van der Waals surface area contributed by atoms with Gasteiger partial charge in [0.05, 0.1) is 107 Å². The van der Waals surface area contributed by atoms with Gasteiger partial charge in [0.2, 0.25) is 17.6 Å². The zero-order valence-electron chi connectivity index (χ0n) is 77.8. The number of piperidine rings is 1. The molecule has 2 bridgehead atoms. The van der Waals surface area contributed by atoms with E-state index in [1.54, 1.807) is 38.9 Å². The number of ether oxygens (including phenoxy) is 11. The van der Waals surface area contributed by atoms with E-state index in [4.69, 9.17) is 78.7 Å². The molecular weight excluding hydrogens is 1690 g/mol. The summed E-state index contributed by atoms with van der Waals surface area (Å²) >= 11 is 0. The molecule has 3 amide bonds. The van der Waals surface area contributed by atoms with Gasteiger partial charge in [0.15, 0.2) is 11.4 Å². The minimum Gasteiger partial charge on any atom is -0.460 e. The Morgan fingerprint density at radius 3 is 2.21 bits per heavy atom. The largest absolute Gasteiger partial charge is 0.460 e. The fraction of sp³-hybridized carbons (Fsp3) is 0.615. The number of carbonyl (C=O) groups is 7. The van der Waals surface area contributed by atoms with Crippen molar-refractivity contribution < 1.29 is 101 Å². The van der Waals surface area contributed by atoms with E-state index in [0.717, 1.165) is 47.0 Å². The minimum absolute atomic E-state index is 0.0177. The predicted octanol–water partition coefficient (Wildman–Crippen LogP) is 10.5. The van der Waals surface area contributed by atoms with Crippen LogP contribution in [0.1, 0.15) is 181 Å². The molecule has 1 saturated carbocycles. The number of nitrogen functional groups attached to an aromatic ring is 2. The number of nitrogens with two attached hydrogens (primary N) is 2. The van der Waals surface area contributed by atoms with Crippen LogP contribution in [0, 0.1) is 35.5 Å². The van der Waals surface area contributed by atoms with Gasteiger partial charge in [-0.25, -0.2) is 24.1 Å². The number of Topliss-reactive ketones (excluding diaryl/α,β-unsaturated/α-hetero) is 2. The number of oxime groups is 1. The molecule has 0 unspecified atom stereocenters. The van der Waals surface area contributed by atoms with Gasteiger partial charge in [0.25, 0.3) is 11.7 Å². The zero-order chi connectivity index (χ0) is 93.8. The van der Waals surface area contributed by atoms with E-state index in [-0.39, 0.29) is 119 Å². The molecule has 35 nitrogen and oxygen atoms in total. The lowest BCUT2D eigenvalue weighted by molar-refractivity contribution is -0.265. The van der Waals surface area contributed by atoms with Gasteiger partial charge in [0, 0.05) is 121 Å². The van der Waals surface area contributed by atoms with Crippen LogP contribution in [0.4, 0.5) is 11.5 Å². The lowest BCUT2D eigenvalue weighted by Gasteiger charge is -2.42. The summed E-state index contributed by atoms with van der Waals surface area (Å²) in [4.78, 5) is 116. The molecule has 2 aromatic carbocycles. The number of cyclic esters (lactones) is 1. The summed E-state index contributed by atoms with van der Waals surface area (Å²) in [6.07, 6.45) is 17.6. The Hall–Kier alpha value is -10.1. The Balaban J connectivity index is 0.624. The number of aromatic amines is 1. The molecule has 4 aliphatic rings. The average Bonchev–Trinajstić information content (AvgIpc) is 1.52. The van der Waals surface area contributed by atoms with Gasteiger partial charge in [-0.15, -0.1) is 5.10 Å². The van der Waals surface area contributed by atoms with Gasteiger partial charge in [-0.05, 0) is 156 Å². The average molecular weight is 1820 g/mol. The zero-order valence-corrected chi connectivity index (χ0v) is 77.8. The number of aliphatic hydroxyl groups is 2. The number of amides is 3. The maximum Gasteiger partial charge on any atom is 0.329 e. The molecule has 1 aliphatic carbocycles. The third-order valence-electron chi connectivity index (χ3n) is 24.9. The Labute approximate surface area is 767 Å². The van der Waals surface area contributed by atoms with Gasteiger partial charge in [-0.1, -0.05) is 112 Å². The van der Waals surface area contributed by atoms with Crippen molar-refractivity contribution in [3.8, 4) is 11.4 Å². The number of aromatic nitrogens is 8. The normalized spacial score (nSPS) is 26.2. The minimum atomic E-state index is -2.48. The molecule has 0 spiro atoms. The molecule has 2 saturated heterocycles. The van der Waals surface area contributed by atoms with Crippen LogP contribution in [0.2, 0.25) is 0 Å². The number of H-pyrrole nitrogens is 1. The molecule has 718 valence electrons. The van der Waals surface area contributed by atoms with E-state index in [9.17, 15) is 39.0 Å². The molecule has 4 aromatic heterocycles. The number of rotatable bonds is 40. The number of methoxy groups -OCH3 is 3. The second-order valence-corrected chi connectivity index (χ2v) is 34.9. The number of carbonyl (C=O) groups excluding carboxylic acids is 7. The Kier molecular flexibility index (Phi) is 41.7. The summed E-state index contributed by atoms with van der Waals surface area (Å²) in [7, 11) is 4.64. The lowest BCUT2D eigenvalue weighted by Crippen LogP contribution is -2.61. The predicted molar refractivity (Wildman–Crippen MR) is 491 cm³/mol. The molecule has 0 radical (unpaired) electrons. The van der Waals surface area contributed by atoms with E-state index >= 15 is 4.79 Å². The lowest BCUT2D eigenvalue weighted by atomic mass is 9.77. The van der Waals surface area contributed by atoms with Gasteiger partial charge in [0.1, 0.15) is 61.1 Å². The highest BCUT2D eigenvalue weighted by Crippen LogP contribution is 2.41. The highest BCUT2D eigenvalue weighted by atomic mass is 16.6. The fourth-order valence-corrected chi connectivity index (χ4v) is 17.3. The Morgan fingerprint density at radius 2 is 1.47 bits per heavy atom. The molecule has 3 fully saturated rings. The number of nitrogens with zero attached hydrogens (tertiary/aromatic N) is 9.